The normalized spacial score (nSPS) is 26.7. The highest BCUT2D eigenvalue weighted by Crippen LogP contribution is 2.39. The van der Waals surface area contributed by atoms with Gasteiger partial charge in [0.15, 0.2) is 0 Å². The first kappa shape index (κ1) is 7.60. The first-order chi connectivity index (χ1) is 5.42. The van der Waals surface area contributed by atoms with Gasteiger partial charge in [0.2, 0.25) is 0 Å². The molecule has 2 fully saturated rings. The lowest BCUT2D eigenvalue weighted by atomic mass is 9.68. The van der Waals surface area contributed by atoms with Crippen LogP contribution in [-0.2, 0) is 0 Å². The zero-order chi connectivity index (χ0) is 7.68. The second-order valence-electron chi connectivity index (χ2n) is 4.20. The lowest BCUT2D eigenvalue weighted by Crippen LogP contribution is -2.45. The van der Waals surface area contributed by atoms with Crippen molar-refractivity contribution in [2.24, 2.45) is 11.8 Å². The maximum Gasteiger partial charge on any atom is 0.0121 e. The van der Waals surface area contributed by atoms with Crippen LogP contribution < -0.4 is 5.32 Å². The maximum absolute atomic E-state index is 3.51. The molecule has 0 radical (unpaired) electrons. The Morgan fingerprint density at radius 2 is 1.45 bits per heavy atom. The first-order valence-corrected chi connectivity index (χ1v) is 5.09. The third-order valence-electron chi connectivity index (χ3n) is 3.65. The van der Waals surface area contributed by atoms with Crippen LogP contribution in [-0.4, -0.2) is 13.1 Å². The van der Waals surface area contributed by atoms with Gasteiger partial charge < -0.3 is 5.32 Å². The molecule has 1 N–H and O–H groups in total. The third-order valence-corrected chi connectivity index (χ3v) is 3.65. The van der Waals surface area contributed by atoms with E-state index in [1.54, 1.807) is 0 Å². The van der Waals surface area contributed by atoms with Gasteiger partial charge >= 0.3 is 0 Å². The van der Waals surface area contributed by atoms with Crippen molar-refractivity contribution >= 4 is 0 Å². The van der Waals surface area contributed by atoms with Gasteiger partial charge in [0.1, 0.15) is 0 Å². The van der Waals surface area contributed by atoms with E-state index in [-0.39, 0.29) is 0 Å². The Labute approximate surface area is 69.6 Å². The molecule has 2 aliphatic carbocycles. The highest BCUT2D eigenvalue weighted by atomic mass is 14.9. The number of hydrogen-bond donors (Lipinski definition) is 1. The van der Waals surface area contributed by atoms with Crippen molar-refractivity contribution in [1.29, 1.82) is 0 Å². The van der Waals surface area contributed by atoms with Crippen molar-refractivity contribution in [2.45, 2.75) is 44.6 Å². The molecule has 0 saturated heterocycles. The van der Waals surface area contributed by atoms with Crippen LogP contribution >= 0.6 is 0 Å². The highest BCUT2D eigenvalue weighted by molar-refractivity contribution is 4.90. The summed E-state index contributed by atoms with van der Waals surface area (Å²) in [5, 5.41) is 3.51. The molecular weight excluding hydrogens is 134 g/mol. The minimum Gasteiger partial charge on any atom is -0.316 e. The molecule has 2 saturated carbocycles. The molecule has 0 aliphatic heterocycles. The molecule has 0 spiro atoms. The van der Waals surface area contributed by atoms with Gasteiger partial charge in [-0.15, -0.1) is 0 Å². The van der Waals surface area contributed by atoms with Gasteiger partial charge in [0.25, 0.3) is 0 Å². The topological polar surface area (TPSA) is 12.0 Å². The molecule has 0 aromatic carbocycles. The minimum atomic E-state index is 0.873. The van der Waals surface area contributed by atoms with E-state index in [0.29, 0.717) is 0 Å². The average Bonchev–Trinajstić information content (AvgIpc) is 1.78. The molecule has 0 unspecified atom stereocenters. The van der Waals surface area contributed by atoms with Crippen molar-refractivity contribution in [1.82, 2.24) is 5.32 Å². The van der Waals surface area contributed by atoms with Crippen LogP contribution in [0.1, 0.15) is 38.5 Å². The van der Waals surface area contributed by atoms with Crippen LogP contribution in [0, 0.1) is 11.8 Å². The Balaban J connectivity index is 1.83. The summed E-state index contributed by atoms with van der Waals surface area (Å²) in [6, 6.07) is 0.873. The molecule has 1 heteroatoms. The SMILES string of the molecule is CNC(C1CCC1)C1CCC1. The van der Waals surface area contributed by atoms with Gasteiger partial charge in [-0.2, -0.15) is 0 Å². The lowest BCUT2D eigenvalue weighted by Gasteiger charge is -2.42. The van der Waals surface area contributed by atoms with Crippen LogP contribution in [0.3, 0.4) is 0 Å². The third kappa shape index (κ3) is 1.31. The van der Waals surface area contributed by atoms with Crippen LogP contribution in [0.5, 0.6) is 0 Å². The van der Waals surface area contributed by atoms with E-state index in [1.807, 2.05) is 0 Å². The summed E-state index contributed by atoms with van der Waals surface area (Å²) in [6.07, 6.45) is 8.92. The van der Waals surface area contributed by atoms with E-state index < -0.39 is 0 Å². The molecule has 2 rings (SSSR count). The molecule has 0 heterocycles. The smallest absolute Gasteiger partial charge is 0.0121 e. The monoisotopic (exact) mass is 153 g/mol. The first-order valence-electron chi connectivity index (χ1n) is 5.09. The average molecular weight is 153 g/mol. The van der Waals surface area contributed by atoms with Crippen molar-refractivity contribution in [3.8, 4) is 0 Å². The Bertz CT molecular complexity index is 111. The maximum atomic E-state index is 3.51. The van der Waals surface area contributed by atoms with E-state index in [0.717, 1.165) is 17.9 Å². The highest BCUT2D eigenvalue weighted by Gasteiger charge is 2.34. The Morgan fingerprint density at radius 1 is 1.00 bits per heavy atom. The zero-order valence-electron chi connectivity index (χ0n) is 7.47. The van der Waals surface area contributed by atoms with E-state index in [9.17, 15) is 0 Å². The molecule has 2 aliphatic rings. The van der Waals surface area contributed by atoms with Crippen LogP contribution in [0.2, 0.25) is 0 Å². The second-order valence-corrected chi connectivity index (χ2v) is 4.20. The molecule has 0 aromatic heterocycles. The minimum absolute atomic E-state index is 0.873. The lowest BCUT2D eigenvalue weighted by molar-refractivity contribution is 0.130. The van der Waals surface area contributed by atoms with E-state index in [2.05, 4.69) is 12.4 Å². The number of hydrogen-bond acceptors (Lipinski definition) is 1. The van der Waals surface area contributed by atoms with Crippen molar-refractivity contribution in [2.75, 3.05) is 7.05 Å². The summed E-state index contributed by atoms with van der Waals surface area (Å²) >= 11 is 0. The largest absolute Gasteiger partial charge is 0.316 e. The standard InChI is InChI=1S/C10H19N/c1-11-10(8-4-2-5-8)9-6-3-7-9/h8-11H,2-7H2,1H3. The Morgan fingerprint density at radius 3 is 1.64 bits per heavy atom. The van der Waals surface area contributed by atoms with Gasteiger partial charge in [-0.1, -0.05) is 12.8 Å². The van der Waals surface area contributed by atoms with E-state index in [1.165, 1.54) is 38.5 Å². The van der Waals surface area contributed by atoms with Gasteiger partial charge in [-0.25, -0.2) is 0 Å². The van der Waals surface area contributed by atoms with Gasteiger partial charge in [-0.05, 0) is 44.6 Å². The molecule has 11 heavy (non-hydrogen) atoms. The van der Waals surface area contributed by atoms with E-state index >= 15 is 0 Å². The fourth-order valence-electron chi connectivity index (χ4n) is 2.45. The predicted molar refractivity (Wildman–Crippen MR) is 47.5 cm³/mol. The quantitative estimate of drug-likeness (QED) is 0.655. The molecular formula is C10H19N. The fraction of sp³-hybridized carbons (Fsp3) is 1.00. The van der Waals surface area contributed by atoms with Gasteiger partial charge in [0, 0.05) is 6.04 Å². The molecule has 0 amide bonds. The Kier molecular flexibility index (Phi) is 2.17. The summed E-state index contributed by atoms with van der Waals surface area (Å²) in [5.74, 6) is 2.07. The molecule has 1 nitrogen and oxygen atoms in total. The van der Waals surface area contributed by atoms with Crippen LogP contribution in [0.25, 0.3) is 0 Å². The molecule has 0 atom stereocenters. The predicted octanol–water partition coefficient (Wildman–Crippen LogP) is 2.17. The van der Waals surface area contributed by atoms with Crippen molar-refractivity contribution in [3.05, 3.63) is 0 Å². The summed E-state index contributed by atoms with van der Waals surface area (Å²) in [6.45, 7) is 0. The van der Waals surface area contributed by atoms with Gasteiger partial charge in [-0.3, -0.25) is 0 Å². The van der Waals surface area contributed by atoms with Crippen molar-refractivity contribution < 1.29 is 0 Å². The summed E-state index contributed by atoms with van der Waals surface area (Å²) in [4.78, 5) is 0. The second kappa shape index (κ2) is 3.14. The summed E-state index contributed by atoms with van der Waals surface area (Å²) in [5.41, 5.74) is 0. The van der Waals surface area contributed by atoms with Crippen molar-refractivity contribution in [3.63, 3.8) is 0 Å². The fourth-order valence-corrected chi connectivity index (χ4v) is 2.45. The molecule has 64 valence electrons. The summed E-state index contributed by atoms with van der Waals surface area (Å²) in [7, 11) is 2.14. The Hall–Kier alpha value is -0.0400. The van der Waals surface area contributed by atoms with Gasteiger partial charge in [0.05, 0.1) is 0 Å². The summed E-state index contributed by atoms with van der Waals surface area (Å²) < 4.78 is 0. The zero-order valence-corrected chi connectivity index (χ0v) is 7.47. The van der Waals surface area contributed by atoms with E-state index in [4.69, 9.17) is 0 Å². The van der Waals surface area contributed by atoms with Crippen LogP contribution in [0.15, 0.2) is 0 Å². The molecule has 0 bridgehead atoms. The molecule has 0 aromatic rings. The van der Waals surface area contributed by atoms with Crippen LogP contribution in [0.4, 0.5) is 0 Å². The number of nitrogens with one attached hydrogen (secondary N) is 1. The number of rotatable bonds is 3.